The molecular weight excluding hydrogens is 426 g/mol. The number of nitrogens with zero attached hydrogens (tertiary/aromatic N) is 1. The highest BCUT2D eigenvalue weighted by molar-refractivity contribution is 6.32. The number of carbonyl (C=O) groups excluding carboxylic acids is 1. The smallest absolute Gasteiger partial charge is 0.176 e. The molecule has 0 saturated heterocycles. The zero-order valence-corrected chi connectivity index (χ0v) is 19.1. The van der Waals surface area contributed by atoms with Crippen LogP contribution in [0.2, 0.25) is 5.02 Å². The van der Waals surface area contributed by atoms with E-state index in [-0.39, 0.29) is 28.6 Å². The predicted molar refractivity (Wildman–Crippen MR) is 129 cm³/mol. The lowest BCUT2D eigenvalue weighted by molar-refractivity contribution is 0.101. The molecule has 0 unspecified atom stereocenters. The third kappa shape index (κ3) is 4.52. The Bertz CT molecular complexity index is 1160. The van der Waals surface area contributed by atoms with Crippen molar-refractivity contribution in [2.24, 2.45) is 5.73 Å². The monoisotopic (exact) mass is 453 g/mol. The molecule has 7 heteroatoms. The van der Waals surface area contributed by atoms with E-state index in [1.54, 1.807) is 25.3 Å². The summed E-state index contributed by atoms with van der Waals surface area (Å²) in [5.41, 5.74) is 9.93. The minimum Gasteiger partial charge on any atom is -0.503 e. The number of aromatic hydroxyl groups is 1. The molecule has 1 aliphatic carbocycles. The van der Waals surface area contributed by atoms with Crippen LogP contribution in [0.3, 0.4) is 0 Å². The summed E-state index contributed by atoms with van der Waals surface area (Å²) in [6.07, 6.45) is 5.51. The molecule has 1 heterocycles. The summed E-state index contributed by atoms with van der Waals surface area (Å²) in [7, 11) is 0. The van der Waals surface area contributed by atoms with Crippen molar-refractivity contribution < 1.29 is 14.6 Å². The zero-order chi connectivity index (χ0) is 22.8. The molecule has 4 rings (SSSR count). The Hall–Kier alpha value is -2.83. The van der Waals surface area contributed by atoms with E-state index < -0.39 is 0 Å². The molecule has 1 saturated carbocycles. The summed E-state index contributed by atoms with van der Waals surface area (Å²) in [5.74, 6) is 0.227. The number of carbonyl (C=O) groups is 1. The molecule has 0 aliphatic heterocycles. The number of benzene rings is 2. The second-order valence-electron chi connectivity index (χ2n) is 8.33. The normalized spacial score (nSPS) is 18.5. The number of Topliss-reactive ketones (excluding diaryl/α,β-unsaturated/α-hetero) is 1. The molecule has 4 N–H and O–H groups in total. The minimum absolute atomic E-state index is 0.0360. The lowest BCUT2D eigenvalue weighted by Gasteiger charge is -2.28. The van der Waals surface area contributed by atoms with Crippen molar-refractivity contribution in [1.29, 1.82) is 0 Å². The van der Waals surface area contributed by atoms with E-state index in [1.807, 2.05) is 25.1 Å². The van der Waals surface area contributed by atoms with Crippen molar-refractivity contribution in [3.05, 3.63) is 47.1 Å². The number of phenols is 1. The lowest BCUT2D eigenvalue weighted by atomic mass is 9.91. The van der Waals surface area contributed by atoms with E-state index in [1.165, 1.54) is 0 Å². The Morgan fingerprint density at radius 2 is 1.97 bits per heavy atom. The van der Waals surface area contributed by atoms with E-state index >= 15 is 0 Å². The molecule has 0 amide bonds. The highest BCUT2D eigenvalue weighted by Crippen LogP contribution is 2.40. The van der Waals surface area contributed by atoms with E-state index in [0.717, 1.165) is 53.4 Å². The van der Waals surface area contributed by atoms with Gasteiger partial charge in [0.2, 0.25) is 0 Å². The average molecular weight is 454 g/mol. The van der Waals surface area contributed by atoms with Crippen LogP contribution in [0.25, 0.3) is 22.0 Å². The van der Waals surface area contributed by atoms with Crippen LogP contribution in [0.1, 0.15) is 49.9 Å². The van der Waals surface area contributed by atoms with Crippen molar-refractivity contribution in [2.45, 2.75) is 51.6 Å². The van der Waals surface area contributed by atoms with Gasteiger partial charge >= 0.3 is 0 Å². The van der Waals surface area contributed by atoms with Crippen LogP contribution in [0, 0.1) is 0 Å². The van der Waals surface area contributed by atoms with Gasteiger partial charge in [-0.15, -0.1) is 0 Å². The van der Waals surface area contributed by atoms with Gasteiger partial charge in [0.25, 0.3) is 0 Å². The Morgan fingerprint density at radius 3 is 2.66 bits per heavy atom. The van der Waals surface area contributed by atoms with Gasteiger partial charge in [0, 0.05) is 23.7 Å². The summed E-state index contributed by atoms with van der Waals surface area (Å²) in [6, 6.07) is 9.86. The van der Waals surface area contributed by atoms with E-state index in [0.29, 0.717) is 17.9 Å². The number of hydrogen-bond acceptors (Lipinski definition) is 6. The standard InChI is InChI=1S/C25H28ClN3O3/c1-3-32-23-12-16(11-21(26)25(23)31)15-4-9-22-19(10-15)24(20(13-28-22)14(2)30)29-18-7-5-17(27)6-8-18/h4,9-13,17-18,31H,3,5-8,27H2,1-2H3,(H,28,29)/t17-,18-. The number of ketones is 1. The molecule has 2 aromatic carbocycles. The van der Waals surface area contributed by atoms with Crippen LogP contribution in [0.15, 0.2) is 36.5 Å². The molecule has 32 heavy (non-hydrogen) atoms. The summed E-state index contributed by atoms with van der Waals surface area (Å²) in [4.78, 5) is 16.9. The minimum atomic E-state index is -0.0727. The fourth-order valence-electron chi connectivity index (χ4n) is 4.27. The number of aromatic nitrogens is 1. The molecule has 0 radical (unpaired) electrons. The molecule has 6 nitrogen and oxygen atoms in total. The van der Waals surface area contributed by atoms with Gasteiger partial charge < -0.3 is 20.9 Å². The first-order chi connectivity index (χ1) is 15.4. The maximum atomic E-state index is 12.4. The maximum Gasteiger partial charge on any atom is 0.176 e. The van der Waals surface area contributed by atoms with Gasteiger partial charge in [-0.2, -0.15) is 0 Å². The summed E-state index contributed by atoms with van der Waals surface area (Å²) in [5, 5.41) is 14.9. The van der Waals surface area contributed by atoms with Crippen LogP contribution < -0.4 is 15.8 Å². The SMILES string of the molecule is CCOc1cc(-c2ccc3ncc(C(C)=O)c(N[C@H]4CC[C@H](N)CC4)c3c2)cc(Cl)c1O. The number of rotatable bonds is 6. The van der Waals surface area contributed by atoms with Crippen molar-refractivity contribution >= 4 is 34.0 Å². The van der Waals surface area contributed by atoms with Gasteiger partial charge in [-0.05, 0) is 74.9 Å². The Labute approximate surface area is 192 Å². The number of nitrogens with one attached hydrogen (secondary N) is 1. The molecular formula is C25H28ClN3O3. The highest BCUT2D eigenvalue weighted by Gasteiger charge is 2.22. The molecule has 1 aromatic heterocycles. The Balaban J connectivity index is 1.81. The third-order valence-electron chi connectivity index (χ3n) is 6.03. The van der Waals surface area contributed by atoms with Crippen molar-refractivity contribution in [1.82, 2.24) is 4.98 Å². The summed E-state index contributed by atoms with van der Waals surface area (Å²) >= 11 is 6.25. The van der Waals surface area contributed by atoms with E-state index in [9.17, 15) is 9.90 Å². The molecule has 0 bridgehead atoms. The number of halogens is 1. The Kier molecular flexibility index (Phi) is 6.53. The molecule has 168 valence electrons. The van der Waals surface area contributed by atoms with Crippen molar-refractivity contribution in [3.8, 4) is 22.6 Å². The second-order valence-corrected chi connectivity index (χ2v) is 8.74. The van der Waals surface area contributed by atoms with Gasteiger partial charge in [-0.25, -0.2) is 0 Å². The molecule has 1 fully saturated rings. The average Bonchev–Trinajstić information content (AvgIpc) is 2.78. The number of anilines is 1. The topological polar surface area (TPSA) is 97.5 Å². The number of hydrogen-bond donors (Lipinski definition) is 3. The third-order valence-corrected chi connectivity index (χ3v) is 6.32. The zero-order valence-electron chi connectivity index (χ0n) is 18.3. The molecule has 1 aliphatic rings. The van der Waals surface area contributed by atoms with E-state index in [2.05, 4.69) is 10.3 Å². The predicted octanol–water partition coefficient (Wildman–Crippen LogP) is 5.54. The summed E-state index contributed by atoms with van der Waals surface area (Å²) in [6.45, 7) is 3.82. The van der Waals surface area contributed by atoms with Crippen LogP contribution in [0.4, 0.5) is 5.69 Å². The Morgan fingerprint density at radius 1 is 1.22 bits per heavy atom. The first kappa shape index (κ1) is 22.4. The summed E-state index contributed by atoms with van der Waals surface area (Å²) < 4.78 is 5.54. The van der Waals surface area contributed by atoms with Gasteiger partial charge in [-0.1, -0.05) is 17.7 Å². The van der Waals surface area contributed by atoms with Crippen LogP contribution >= 0.6 is 11.6 Å². The van der Waals surface area contributed by atoms with Gasteiger partial charge in [0.15, 0.2) is 17.3 Å². The largest absolute Gasteiger partial charge is 0.503 e. The fourth-order valence-corrected chi connectivity index (χ4v) is 4.48. The molecule has 3 aromatic rings. The number of phenolic OH excluding ortho intramolecular Hbond substituents is 1. The van der Waals surface area contributed by atoms with Gasteiger partial charge in [-0.3, -0.25) is 9.78 Å². The lowest BCUT2D eigenvalue weighted by Crippen LogP contribution is -2.33. The number of nitrogens with two attached hydrogens (primary N) is 1. The molecule has 0 atom stereocenters. The first-order valence-corrected chi connectivity index (χ1v) is 11.4. The van der Waals surface area contributed by atoms with Crippen LogP contribution in [-0.4, -0.2) is 34.6 Å². The van der Waals surface area contributed by atoms with Gasteiger partial charge in [0.1, 0.15) is 0 Å². The quantitative estimate of drug-likeness (QED) is 0.423. The van der Waals surface area contributed by atoms with Crippen molar-refractivity contribution in [3.63, 3.8) is 0 Å². The highest BCUT2D eigenvalue weighted by atomic mass is 35.5. The van der Waals surface area contributed by atoms with Gasteiger partial charge in [0.05, 0.1) is 28.4 Å². The number of fused-ring (bicyclic) bond motifs is 1. The molecule has 0 spiro atoms. The second kappa shape index (κ2) is 9.35. The fraction of sp³-hybridized carbons (Fsp3) is 0.360. The first-order valence-electron chi connectivity index (χ1n) is 11.0. The number of pyridine rings is 1. The maximum absolute atomic E-state index is 12.4. The van der Waals surface area contributed by atoms with Crippen LogP contribution in [0.5, 0.6) is 11.5 Å². The van der Waals surface area contributed by atoms with Crippen molar-refractivity contribution in [2.75, 3.05) is 11.9 Å². The van der Waals surface area contributed by atoms with Crippen LogP contribution in [-0.2, 0) is 0 Å². The number of ether oxygens (including phenoxy) is 1. The van der Waals surface area contributed by atoms with E-state index in [4.69, 9.17) is 22.1 Å².